The lowest BCUT2D eigenvalue weighted by Crippen LogP contribution is -3.14. The highest BCUT2D eigenvalue weighted by Gasteiger charge is 2.28. The Morgan fingerprint density at radius 1 is 1.34 bits per heavy atom. The summed E-state index contributed by atoms with van der Waals surface area (Å²) in [7, 11) is 0. The predicted octanol–water partition coefficient (Wildman–Crippen LogP) is 2.91. The first-order valence-corrected chi connectivity index (χ1v) is 10.5. The molecule has 2 aromatic carbocycles. The standard InChI is InChI=1S/C21H22N4O3S/c1-14-8-9-16(25(27)28)11-18(14)22-20(26)13-24-10-4-5-15(12-24)21-23-17-6-2-3-7-19(17)29-21/h2-3,6-9,11,15H,4-5,10,12-13H2,1H3,(H,22,26)/p+1/t15-/m1/s1. The van der Waals surface area contributed by atoms with E-state index in [0.717, 1.165) is 42.0 Å². The van der Waals surface area contributed by atoms with Gasteiger partial charge in [0, 0.05) is 12.1 Å². The molecule has 150 valence electrons. The van der Waals surface area contributed by atoms with E-state index in [-0.39, 0.29) is 11.6 Å². The van der Waals surface area contributed by atoms with E-state index in [1.165, 1.54) is 21.7 Å². The average molecular weight is 412 g/mol. The van der Waals surface area contributed by atoms with Crippen molar-refractivity contribution in [3.05, 3.63) is 63.1 Å². The number of nitrogens with one attached hydrogen (secondary N) is 2. The van der Waals surface area contributed by atoms with Gasteiger partial charge in [0.1, 0.15) is 5.01 Å². The molecule has 0 bridgehead atoms. The van der Waals surface area contributed by atoms with Gasteiger partial charge >= 0.3 is 0 Å². The second-order valence-electron chi connectivity index (χ2n) is 7.54. The summed E-state index contributed by atoms with van der Waals surface area (Å²) in [6, 6.07) is 12.7. The lowest BCUT2D eigenvalue weighted by Gasteiger charge is -2.28. The fourth-order valence-electron chi connectivity index (χ4n) is 3.87. The van der Waals surface area contributed by atoms with Gasteiger partial charge in [-0.3, -0.25) is 14.9 Å². The summed E-state index contributed by atoms with van der Waals surface area (Å²) >= 11 is 1.74. The van der Waals surface area contributed by atoms with Crippen LogP contribution in [0.5, 0.6) is 0 Å². The van der Waals surface area contributed by atoms with Crippen LogP contribution in [0.15, 0.2) is 42.5 Å². The predicted molar refractivity (Wildman–Crippen MR) is 114 cm³/mol. The minimum atomic E-state index is -0.451. The molecule has 4 rings (SSSR count). The van der Waals surface area contributed by atoms with Crippen molar-refractivity contribution in [3.63, 3.8) is 0 Å². The Hall–Kier alpha value is -2.84. The molecule has 1 unspecified atom stereocenters. The van der Waals surface area contributed by atoms with Crippen LogP contribution in [0.3, 0.4) is 0 Å². The van der Waals surface area contributed by atoms with Crippen LogP contribution in [0.4, 0.5) is 11.4 Å². The van der Waals surface area contributed by atoms with Crippen LogP contribution in [0.1, 0.15) is 29.3 Å². The minimum Gasteiger partial charge on any atom is -0.327 e. The zero-order chi connectivity index (χ0) is 20.4. The number of likely N-dealkylation sites (tertiary alicyclic amines) is 1. The summed E-state index contributed by atoms with van der Waals surface area (Å²) in [6.45, 7) is 4.00. The molecule has 1 fully saturated rings. The van der Waals surface area contributed by atoms with Gasteiger partial charge in [0.05, 0.1) is 39.8 Å². The molecule has 0 aliphatic carbocycles. The molecular weight excluding hydrogens is 388 g/mol. The Labute approximate surface area is 172 Å². The number of carbonyl (C=O) groups excluding carboxylic acids is 1. The highest BCUT2D eigenvalue weighted by molar-refractivity contribution is 7.18. The fourth-order valence-corrected chi connectivity index (χ4v) is 4.97. The number of nitrogens with zero attached hydrogens (tertiary/aromatic N) is 2. The van der Waals surface area contributed by atoms with E-state index >= 15 is 0 Å². The van der Waals surface area contributed by atoms with Crippen molar-refractivity contribution in [3.8, 4) is 0 Å². The molecule has 2 atom stereocenters. The third-order valence-corrected chi connectivity index (χ3v) is 6.59. The number of rotatable bonds is 5. The number of carbonyl (C=O) groups is 1. The number of fused-ring (bicyclic) bond motifs is 1. The quantitative estimate of drug-likeness (QED) is 0.499. The Morgan fingerprint density at radius 3 is 2.97 bits per heavy atom. The summed E-state index contributed by atoms with van der Waals surface area (Å²) < 4.78 is 1.20. The van der Waals surface area contributed by atoms with Crippen molar-refractivity contribution in [1.82, 2.24) is 4.98 Å². The Bertz CT molecular complexity index is 1030. The molecule has 2 N–H and O–H groups in total. The monoisotopic (exact) mass is 411 g/mol. The van der Waals surface area contributed by atoms with E-state index in [9.17, 15) is 14.9 Å². The number of para-hydroxylation sites is 1. The van der Waals surface area contributed by atoms with Crippen LogP contribution in [-0.4, -0.2) is 35.4 Å². The number of nitro groups is 1. The minimum absolute atomic E-state index is 0.0212. The van der Waals surface area contributed by atoms with E-state index in [0.29, 0.717) is 18.2 Å². The van der Waals surface area contributed by atoms with Gasteiger partial charge in [-0.15, -0.1) is 11.3 Å². The summed E-state index contributed by atoms with van der Waals surface area (Å²) in [6.07, 6.45) is 2.15. The Morgan fingerprint density at radius 2 is 2.17 bits per heavy atom. The molecule has 2 heterocycles. The number of hydrogen-bond donors (Lipinski definition) is 2. The van der Waals surface area contributed by atoms with E-state index < -0.39 is 4.92 Å². The first-order valence-electron chi connectivity index (χ1n) is 9.73. The van der Waals surface area contributed by atoms with E-state index in [1.807, 2.05) is 25.1 Å². The van der Waals surface area contributed by atoms with Crippen LogP contribution >= 0.6 is 11.3 Å². The number of nitro benzene ring substituents is 1. The molecule has 1 aliphatic heterocycles. The zero-order valence-corrected chi connectivity index (χ0v) is 17.0. The number of quaternary nitrogens is 1. The lowest BCUT2D eigenvalue weighted by molar-refractivity contribution is -0.898. The summed E-state index contributed by atoms with van der Waals surface area (Å²) in [5.74, 6) is 0.247. The number of thiazole rings is 1. The molecule has 29 heavy (non-hydrogen) atoms. The number of hydrogen-bond acceptors (Lipinski definition) is 5. The molecule has 8 heteroatoms. The molecule has 1 aromatic heterocycles. The van der Waals surface area contributed by atoms with Crippen LogP contribution in [-0.2, 0) is 4.79 Å². The molecule has 3 aromatic rings. The maximum atomic E-state index is 12.6. The van der Waals surface area contributed by atoms with E-state index in [4.69, 9.17) is 4.98 Å². The zero-order valence-electron chi connectivity index (χ0n) is 16.2. The van der Waals surface area contributed by atoms with Crippen LogP contribution in [0, 0.1) is 17.0 Å². The van der Waals surface area contributed by atoms with Crippen molar-refractivity contribution in [2.24, 2.45) is 0 Å². The number of non-ortho nitro benzene ring substituents is 1. The van der Waals surface area contributed by atoms with Gasteiger partial charge in [0.2, 0.25) is 0 Å². The van der Waals surface area contributed by atoms with Crippen molar-refractivity contribution in [2.75, 3.05) is 25.0 Å². The topological polar surface area (TPSA) is 89.6 Å². The van der Waals surface area contributed by atoms with Gasteiger partial charge in [0.25, 0.3) is 11.6 Å². The Kier molecular flexibility index (Phi) is 5.55. The molecule has 0 saturated carbocycles. The molecule has 0 radical (unpaired) electrons. The van der Waals surface area contributed by atoms with Gasteiger partial charge in [-0.25, -0.2) is 4.98 Å². The highest BCUT2D eigenvalue weighted by atomic mass is 32.1. The number of anilines is 1. The van der Waals surface area contributed by atoms with Crippen molar-refractivity contribution < 1.29 is 14.6 Å². The summed E-state index contributed by atoms with van der Waals surface area (Å²) in [5.41, 5.74) is 2.33. The molecule has 1 amide bonds. The van der Waals surface area contributed by atoms with Gasteiger partial charge in [-0.2, -0.15) is 0 Å². The first kappa shape index (κ1) is 19.5. The van der Waals surface area contributed by atoms with Crippen LogP contribution in [0.25, 0.3) is 10.2 Å². The average Bonchev–Trinajstić information content (AvgIpc) is 3.14. The number of aryl methyl sites for hydroxylation is 1. The lowest BCUT2D eigenvalue weighted by atomic mass is 9.99. The second-order valence-corrected chi connectivity index (χ2v) is 8.61. The Balaban J connectivity index is 1.41. The van der Waals surface area contributed by atoms with Gasteiger partial charge in [-0.05, 0) is 37.5 Å². The molecule has 1 aliphatic rings. The second kappa shape index (κ2) is 8.26. The SMILES string of the molecule is Cc1ccc([N+](=O)[O-])cc1NC(=O)C[NH+]1CCC[C@@H](c2nc3ccccc3s2)C1. The fraction of sp³-hybridized carbons (Fsp3) is 0.333. The highest BCUT2D eigenvalue weighted by Crippen LogP contribution is 2.30. The van der Waals surface area contributed by atoms with Gasteiger partial charge in [-0.1, -0.05) is 18.2 Å². The third kappa shape index (κ3) is 4.44. The maximum Gasteiger partial charge on any atom is 0.279 e. The molecule has 1 saturated heterocycles. The van der Waals surface area contributed by atoms with Crippen molar-refractivity contribution in [1.29, 1.82) is 0 Å². The maximum absolute atomic E-state index is 12.6. The van der Waals surface area contributed by atoms with Crippen LogP contribution in [0.2, 0.25) is 0 Å². The first-order chi connectivity index (χ1) is 14.0. The van der Waals surface area contributed by atoms with Crippen molar-refractivity contribution >= 4 is 38.8 Å². The van der Waals surface area contributed by atoms with Gasteiger partial charge in [0.15, 0.2) is 6.54 Å². The third-order valence-electron chi connectivity index (χ3n) is 5.39. The van der Waals surface area contributed by atoms with Gasteiger partial charge < -0.3 is 10.2 Å². The number of amides is 1. The van der Waals surface area contributed by atoms with Crippen molar-refractivity contribution in [2.45, 2.75) is 25.7 Å². The summed E-state index contributed by atoms with van der Waals surface area (Å²) in [5, 5.41) is 15.0. The summed E-state index contributed by atoms with van der Waals surface area (Å²) in [4.78, 5) is 29.1. The number of aromatic nitrogens is 1. The molecule has 7 nitrogen and oxygen atoms in total. The van der Waals surface area contributed by atoms with Crippen LogP contribution < -0.4 is 10.2 Å². The molecule has 0 spiro atoms. The van der Waals surface area contributed by atoms with E-state index in [2.05, 4.69) is 11.4 Å². The largest absolute Gasteiger partial charge is 0.327 e. The van der Waals surface area contributed by atoms with E-state index in [1.54, 1.807) is 17.4 Å². The number of piperidine rings is 1. The normalized spacial score (nSPS) is 19.2. The number of benzene rings is 2. The smallest absolute Gasteiger partial charge is 0.279 e. The molecular formula is C21H23N4O3S+.